The Morgan fingerprint density at radius 3 is 2.50 bits per heavy atom. The lowest BCUT2D eigenvalue weighted by Crippen LogP contribution is -2.39. The van der Waals surface area contributed by atoms with E-state index in [1.165, 1.54) is 7.11 Å². The Kier molecular flexibility index (Phi) is 7.99. The van der Waals surface area contributed by atoms with Crippen molar-refractivity contribution in [2.75, 3.05) is 25.5 Å². The Labute approximate surface area is 168 Å². The van der Waals surface area contributed by atoms with Crippen LogP contribution in [0.3, 0.4) is 0 Å². The lowest BCUT2D eigenvalue weighted by Gasteiger charge is -2.35. The zero-order chi connectivity index (χ0) is 20.7. The maximum absolute atomic E-state index is 11.9. The molecule has 1 saturated heterocycles. The highest BCUT2D eigenvalue weighted by atomic mass is 16.5. The van der Waals surface area contributed by atoms with Crippen LogP contribution in [0.5, 0.6) is 0 Å². The van der Waals surface area contributed by atoms with Crippen LogP contribution < -0.4 is 5.32 Å². The zero-order valence-corrected chi connectivity index (χ0v) is 17.9. The van der Waals surface area contributed by atoms with Gasteiger partial charge in [-0.2, -0.15) is 5.10 Å². The van der Waals surface area contributed by atoms with E-state index >= 15 is 0 Å². The highest BCUT2D eigenvalue weighted by molar-refractivity contribution is 5.96. The molecule has 7 nitrogen and oxygen atoms in total. The van der Waals surface area contributed by atoms with Gasteiger partial charge in [0.25, 0.3) is 0 Å². The third-order valence-corrected chi connectivity index (χ3v) is 5.12. The van der Waals surface area contributed by atoms with Crippen molar-refractivity contribution < 1.29 is 9.53 Å². The lowest BCUT2D eigenvalue weighted by atomic mass is 10.0. The van der Waals surface area contributed by atoms with E-state index in [-0.39, 0.29) is 5.97 Å². The average Bonchev–Trinajstić information content (AvgIpc) is 3.09. The molecule has 0 unspecified atom stereocenters. The number of likely N-dealkylation sites (tertiary alicyclic amines) is 1. The molecule has 0 bridgehead atoms. The number of piperidine rings is 1. The number of esters is 1. The number of hydrogen-bond acceptors (Lipinski definition) is 6. The number of hydrogen-bond donors (Lipinski definition) is 1. The topological polar surface area (TPSA) is 72.3 Å². The summed E-state index contributed by atoms with van der Waals surface area (Å²) in [5, 5.41) is 7.88. The number of anilines is 2. The second-order valence-electron chi connectivity index (χ2n) is 6.99. The fourth-order valence-electron chi connectivity index (χ4n) is 3.49. The minimum absolute atomic E-state index is 0.388. The molecule has 28 heavy (non-hydrogen) atoms. The number of nitrogens with one attached hydrogen (secondary N) is 1. The second-order valence-corrected chi connectivity index (χ2v) is 6.99. The van der Waals surface area contributed by atoms with Crippen LogP contribution in [-0.4, -0.2) is 51.9 Å². The highest BCUT2D eigenvalue weighted by Crippen LogP contribution is 2.29. The summed E-state index contributed by atoms with van der Waals surface area (Å²) in [6, 6.07) is 2.65. The van der Waals surface area contributed by atoms with E-state index in [4.69, 9.17) is 4.74 Å². The molecule has 1 fully saturated rings. The normalized spacial score (nSPS) is 15.1. The summed E-state index contributed by atoms with van der Waals surface area (Å²) in [4.78, 5) is 18.5. The zero-order valence-electron chi connectivity index (χ0n) is 17.9. The van der Waals surface area contributed by atoms with Crippen LogP contribution in [0.1, 0.15) is 62.6 Å². The van der Waals surface area contributed by atoms with Crippen molar-refractivity contribution in [3.8, 4) is 0 Å². The molecule has 0 amide bonds. The van der Waals surface area contributed by atoms with E-state index in [1.54, 1.807) is 18.5 Å². The predicted molar refractivity (Wildman–Crippen MR) is 112 cm³/mol. The quantitative estimate of drug-likeness (QED) is 0.776. The molecule has 1 N–H and O–H groups in total. The van der Waals surface area contributed by atoms with Crippen molar-refractivity contribution in [1.82, 2.24) is 19.7 Å². The molecular formula is C21H33N5O2. The number of carbonyl (C=O) groups is 1. The molecular weight excluding hydrogens is 354 g/mol. The highest BCUT2D eigenvalue weighted by Gasteiger charge is 2.24. The number of ether oxygens (including phenoxy) is 1. The lowest BCUT2D eigenvalue weighted by molar-refractivity contribution is 0.0601. The van der Waals surface area contributed by atoms with Gasteiger partial charge in [-0.05, 0) is 39.7 Å². The molecule has 2 aromatic rings. The van der Waals surface area contributed by atoms with Gasteiger partial charge in [-0.25, -0.2) is 4.79 Å². The first kappa shape index (κ1) is 21.9. The SMILES string of the molecule is CC.COC(=O)c1ccncc1Nc1cnn(C2CCN(C(C)C)CC2)c1C. The van der Waals surface area contributed by atoms with Gasteiger partial charge in [0.1, 0.15) is 0 Å². The van der Waals surface area contributed by atoms with Gasteiger partial charge in [0.05, 0.1) is 48.2 Å². The molecule has 0 aromatic carbocycles. The van der Waals surface area contributed by atoms with Crippen LogP contribution >= 0.6 is 0 Å². The number of rotatable bonds is 5. The number of aromatic nitrogens is 3. The van der Waals surface area contributed by atoms with Crippen LogP contribution in [-0.2, 0) is 4.74 Å². The van der Waals surface area contributed by atoms with Crippen molar-refractivity contribution in [3.05, 3.63) is 35.9 Å². The van der Waals surface area contributed by atoms with Crippen LogP contribution in [0.15, 0.2) is 24.7 Å². The van der Waals surface area contributed by atoms with Crippen LogP contribution in [0.4, 0.5) is 11.4 Å². The Bertz CT molecular complexity index is 764. The molecule has 2 aromatic heterocycles. The Morgan fingerprint density at radius 1 is 1.21 bits per heavy atom. The van der Waals surface area contributed by atoms with Gasteiger partial charge < -0.3 is 15.0 Å². The molecule has 0 spiro atoms. The van der Waals surface area contributed by atoms with Crippen molar-refractivity contribution in [3.63, 3.8) is 0 Å². The van der Waals surface area contributed by atoms with Crippen LogP contribution in [0.2, 0.25) is 0 Å². The predicted octanol–water partition coefficient (Wildman–Crippen LogP) is 4.19. The first-order valence-corrected chi connectivity index (χ1v) is 10.1. The molecule has 3 heterocycles. The van der Waals surface area contributed by atoms with Gasteiger partial charge in [-0.3, -0.25) is 9.67 Å². The van der Waals surface area contributed by atoms with Gasteiger partial charge in [0, 0.05) is 25.3 Å². The second kappa shape index (κ2) is 10.2. The fraction of sp³-hybridized carbons (Fsp3) is 0.571. The van der Waals surface area contributed by atoms with Crippen molar-refractivity contribution in [1.29, 1.82) is 0 Å². The van der Waals surface area contributed by atoms with E-state index in [9.17, 15) is 4.79 Å². The molecule has 154 valence electrons. The summed E-state index contributed by atoms with van der Waals surface area (Å²) >= 11 is 0. The molecule has 0 radical (unpaired) electrons. The molecule has 0 atom stereocenters. The summed E-state index contributed by atoms with van der Waals surface area (Å²) in [7, 11) is 1.37. The maximum atomic E-state index is 11.9. The molecule has 1 aliphatic rings. The summed E-state index contributed by atoms with van der Waals surface area (Å²) in [5.41, 5.74) is 3.03. The summed E-state index contributed by atoms with van der Waals surface area (Å²) < 4.78 is 6.95. The minimum atomic E-state index is -0.388. The van der Waals surface area contributed by atoms with Crippen molar-refractivity contribution >= 4 is 17.3 Å². The van der Waals surface area contributed by atoms with Crippen LogP contribution in [0.25, 0.3) is 0 Å². The Morgan fingerprint density at radius 2 is 1.89 bits per heavy atom. The van der Waals surface area contributed by atoms with Gasteiger partial charge >= 0.3 is 5.97 Å². The minimum Gasteiger partial charge on any atom is -0.465 e. The number of nitrogens with zero attached hydrogens (tertiary/aromatic N) is 4. The maximum Gasteiger partial charge on any atom is 0.340 e. The van der Waals surface area contributed by atoms with Gasteiger partial charge in [0.2, 0.25) is 0 Å². The van der Waals surface area contributed by atoms with Gasteiger partial charge in [-0.15, -0.1) is 0 Å². The first-order chi connectivity index (χ1) is 13.5. The summed E-state index contributed by atoms with van der Waals surface area (Å²) in [5.74, 6) is -0.388. The third kappa shape index (κ3) is 4.90. The smallest absolute Gasteiger partial charge is 0.340 e. The largest absolute Gasteiger partial charge is 0.465 e. The third-order valence-electron chi connectivity index (χ3n) is 5.12. The monoisotopic (exact) mass is 387 g/mol. The standard InChI is InChI=1S/C19H27N5O2.C2H6/c1-13(2)23-9-6-15(7-10-23)24-14(3)17(12-21-24)22-18-11-20-8-5-16(18)19(25)26-4;1-2/h5,8,11-13,15,22H,6-7,9-10H2,1-4H3;1-2H3. The number of carbonyl (C=O) groups excluding carboxylic acids is 1. The molecule has 3 rings (SSSR count). The van der Waals surface area contributed by atoms with E-state index in [2.05, 4.69) is 45.8 Å². The van der Waals surface area contributed by atoms with E-state index in [0.29, 0.717) is 23.3 Å². The first-order valence-electron chi connectivity index (χ1n) is 10.1. The van der Waals surface area contributed by atoms with Crippen molar-refractivity contribution in [2.24, 2.45) is 0 Å². The van der Waals surface area contributed by atoms with Gasteiger partial charge in [0.15, 0.2) is 0 Å². The van der Waals surface area contributed by atoms with Gasteiger partial charge in [-0.1, -0.05) is 13.8 Å². The molecule has 1 aliphatic heterocycles. The molecule has 0 saturated carbocycles. The van der Waals surface area contributed by atoms with E-state index < -0.39 is 0 Å². The number of methoxy groups -OCH3 is 1. The fourth-order valence-corrected chi connectivity index (χ4v) is 3.49. The van der Waals surface area contributed by atoms with Crippen LogP contribution in [0, 0.1) is 6.92 Å². The van der Waals surface area contributed by atoms with Crippen molar-refractivity contribution in [2.45, 2.75) is 59.5 Å². The average molecular weight is 388 g/mol. The van der Waals surface area contributed by atoms with E-state index in [1.807, 2.05) is 20.0 Å². The van der Waals surface area contributed by atoms with E-state index in [0.717, 1.165) is 37.3 Å². The Hall–Kier alpha value is -2.41. The Balaban J connectivity index is 0.00000136. The molecule has 7 heteroatoms. The summed E-state index contributed by atoms with van der Waals surface area (Å²) in [6.45, 7) is 12.7. The number of pyridine rings is 1. The molecule has 0 aliphatic carbocycles. The summed E-state index contributed by atoms with van der Waals surface area (Å²) in [6.07, 6.45) is 7.22.